The number of hydrogen-bond donors (Lipinski definition) is 4. The molecule has 27 heavy (non-hydrogen) atoms. The Hall–Kier alpha value is -4.07. The molecule has 4 rings (SSSR count). The Morgan fingerprint density at radius 1 is 1.04 bits per heavy atom. The first-order valence-corrected chi connectivity index (χ1v) is 8.16. The molecule has 0 bridgehead atoms. The van der Waals surface area contributed by atoms with Crippen LogP contribution in [0.5, 0.6) is 0 Å². The van der Waals surface area contributed by atoms with Gasteiger partial charge in [-0.25, -0.2) is 4.98 Å². The lowest BCUT2D eigenvalue weighted by Crippen LogP contribution is -2.10. The molecule has 4 aromatic rings. The monoisotopic (exact) mass is 356 g/mol. The number of nitrogens with one attached hydrogen (secondary N) is 2. The summed E-state index contributed by atoms with van der Waals surface area (Å²) in [5, 5.41) is 24.7. The molecule has 8 heteroatoms. The molecule has 0 atom stereocenters. The summed E-state index contributed by atoms with van der Waals surface area (Å²) in [6.07, 6.45) is 3.41. The van der Waals surface area contributed by atoms with Gasteiger partial charge in [-0.2, -0.15) is 10.2 Å². The third-order valence-electron chi connectivity index (χ3n) is 4.15. The van der Waals surface area contributed by atoms with E-state index in [0.717, 1.165) is 22.0 Å². The van der Waals surface area contributed by atoms with E-state index in [0.29, 0.717) is 22.8 Å². The van der Waals surface area contributed by atoms with E-state index in [2.05, 4.69) is 25.4 Å². The summed E-state index contributed by atoms with van der Waals surface area (Å²) in [7, 11) is 0. The molecule has 0 aliphatic carbocycles. The fourth-order valence-corrected chi connectivity index (χ4v) is 2.72. The van der Waals surface area contributed by atoms with Crippen molar-refractivity contribution >= 4 is 33.8 Å². The van der Waals surface area contributed by atoms with E-state index in [1.807, 2.05) is 24.3 Å². The second-order valence-electron chi connectivity index (χ2n) is 5.92. The number of azo groups is 1. The summed E-state index contributed by atoms with van der Waals surface area (Å²) in [6, 6.07) is 14.7. The van der Waals surface area contributed by atoms with Gasteiger partial charge in [-0.3, -0.25) is 10.5 Å². The van der Waals surface area contributed by atoms with Gasteiger partial charge in [-0.05, 0) is 36.4 Å². The number of benzene rings is 2. The number of amidine groups is 1. The van der Waals surface area contributed by atoms with Crippen molar-refractivity contribution < 1.29 is 0 Å². The van der Waals surface area contributed by atoms with Gasteiger partial charge in [0.15, 0.2) is 5.82 Å². The van der Waals surface area contributed by atoms with Crippen molar-refractivity contribution in [3.63, 3.8) is 0 Å². The summed E-state index contributed by atoms with van der Waals surface area (Å²) >= 11 is 0. The Bertz CT molecular complexity index is 1140. The van der Waals surface area contributed by atoms with Crippen LogP contribution in [0.3, 0.4) is 0 Å². The van der Waals surface area contributed by atoms with E-state index in [9.17, 15) is 0 Å². The van der Waals surface area contributed by atoms with Gasteiger partial charge in [0, 0.05) is 34.3 Å². The zero-order chi connectivity index (χ0) is 18.8. The Labute approximate surface area is 154 Å². The molecule has 0 aliphatic rings. The largest absolute Gasteiger partial charge is 0.384 e. The number of aromatic amines is 1. The van der Waals surface area contributed by atoms with Crippen LogP contribution in [0, 0.1) is 5.41 Å². The maximum atomic E-state index is 7.43. The minimum atomic E-state index is 0.00678. The molecule has 0 saturated carbocycles. The van der Waals surface area contributed by atoms with Gasteiger partial charge in [-0.15, -0.1) is 5.11 Å². The van der Waals surface area contributed by atoms with E-state index < -0.39 is 0 Å². The average molecular weight is 356 g/mol. The van der Waals surface area contributed by atoms with Gasteiger partial charge in [0.25, 0.3) is 0 Å². The predicted octanol–water partition coefficient (Wildman–Crippen LogP) is 3.91. The number of nitrogens with two attached hydrogens (primary N) is 2. The SMILES string of the molecule is N=C(N)c1ccc(/N=N/c2c(N)ncc3ccc(-c4ccn[nH]4)cc23)cc1. The molecule has 0 fully saturated rings. The predicted molar refractivity (Wildman–Crippen MR) is 105 cm³/mol. The van der Waals surface area contributed by atoms with Crippen molar-refractivity contribution in [2.45, 2.75) is 0 Å². The molecule has 132 valence electrons. The van der Waals surface area contributed by atoms with E-state index in [1.165, 1.54) is 0 Å². The standard InChI is InChI=1S/C19H16N8/c20-18(21)11-3-5-14(6-4-11)25-27-17-15-9-12(16-7-8-24-26-16)1-2-13(15)10-23-19(17)22/h1-10H,(H3,20,21)(H2,22,23)(H,24,26)/b27-25+. The van der Waals surface area contributed by atoms with Crippen molar-refractivity contribution in [2.24, 2.45) is 16.0 Å². The first kappa shape index (κ1) is 16.4. The second kappa shape index (κ2) is 6.68. The number of anilines is 1. The second-order valence-corrected chi connectivity index (χ2v) is 5.92. The van der Waals surface area contributed by atoms with Crippen LogP contribution in [0.4, 0.5) is 17.2 Å². The minimum Gasteiger partial charge on any atom is -0.384 e. The molecular formula is C19H16N8. The molecule has 2 aromatic heterocycles. The van der Waals surface area contributed by atoms with Crippen molar-refractivity contribution in [1.29, 1.82) is 5.41 Å². The van der Waals surface area contributed by atoms with Gasteiger partial charge in [-0.1, -0.05) is 12.1 Å². The summed E-state index contributed by atoms with van der Waals surface area (Å²) in [5.41, 5.74) is 15.1. The summed E-state index contributed by atoms with van der Waals surface area (Å²) < 4.78 is 0. The molecule has 2 aromatic carbocycles. The molecule has 0 aliphatic heterocycles. The quantitative estimate of drug-likeness (QED) is 0.250. The Morgan fingerprint density at radius 2 is 1.85 bits per heavy atom. The maximum absolute atomic E-state index is 7.43. The molecule has 0 radical (unpaired) electrons. The number of pyridine rings is 1. The van der Waals surface area contributed by atoms with Crippen LogP contribution in [0.1, 0.15) is 5.56 Å². The van der Waals surface area contributed by atoms with Crippen LogP contribution >= 0.6 is 0 Å². The highest BCUT2D eigenvalue weighted by Gasteiger charge is 2.09. The third-order valence-corrected chi connectivity index (χ3v) is 4.15. The number of fused-ring (bicyclic) bond motifs is 1. The van der Waals surface area contributed by atoms with Crippen molar-refractivity contribution in [3.8, 4) is 11.3 Å². The Balaban J connectivity index is 1.76. The highest BCUT2D eigenvalue weighted by molar-refractivity contribution is 5.98. The van der Waals surface area contributed by atoms with Gasteiger partial charge in [0.05, 0.1) is 11.4 Å². The highest BCUT2D eigenvalue weighted by Crippen LogP contribution is 2.34. The molecule has 0 amide bonds. The average Bonchev–Trinajstić information content (AvgIpc) is 3.22. The van der Waals surface area contributed by atoms with Crippen LogP contribution in [0.25, 0.3) is 22.0 Å². The Morgan fingerprint density at radius 3 is 2.56 bits per heavy atom. The molecule has 2 heterocycles. The van der Waals surface area contributed by atoms with Crippen molar-refractivity contribution in [1.82, 2.24) is 15.2 Å². The molecule has 0 saturated heterocycles. The number of aromatic nitrogens is 3. The van der Waals surface area contributed by atoms with Crippen molar-refractivity contribution in [3.05, 3.63) is 66.5 Å². The topological polar surface area (TPSA) is 142 Å². The fourth-order valence-electron chi connectivity index (χ4n) is 2.72. The van der Waals surface area contributed by atoms with Crippen LogP contribution < -0.4 is 11.5 Å². The lowest BCUT2D eigenvalue weighted by molar-refractivity contribution is 1.10. The number of nitrogens with zero attached hydrogens (tertiary/aromatic N) is 4. The Kier molecular flexibility index (Phi) is 4.06. The van der Waals surface area contributed by atoms with E-state index >= 15 is 0 Å². The zero-order valence-corrected chi connectivity index (χ0v) is 14.2. The molecule has 6 N–H and O–H groups in total. The number of hydrogen-bond acceptors (Lipinski definition) is 6. The van der Waals surface area contributed by atoms with Crippen LogP contribution in [0.2, 0.25) is 0 Å². The smallest absolute Gasteiger partial charge is 0.151 e. The number of H-pyrrole nitrogens is 1. The fraction of sp³-hybridized carbons (Fsp3) is 0. The molecule has 0 unspecified atom stereocenters. The van der Waals surface area contributed by atoms with Gasteiger partial charge in [0.2, 0.25) is 0 Å². The first-order valence-electron chi connectivity index (χ1n) is 8.16. The third kappa shape index (κ3) is 3.23. The van der Waals surface area contributed by atoms with Crippen LogP contribution in [-0.2, 0) is 0 Å². The highest BCUT2D eigenvalue weighted by atomic mass is 15.1. The van der Waals surface area contributed by atoms with Crippen molar-refractivity contribution in [2.75, 3.05) is 5.73 Å². The zero-order valence-electron chi connectivity index (χ0n) is 14.2. The molecule has 8 nitrogen and oxygen atoms in total. The first-order chi connectivity index (χ1) is 13.1. The summed E-state index contributed by atoms with van der Waals surface area (Å²) in [4.78, 5) is 4.21. The maximum Gasteiger partial charge on any atom is 0.151 e. The van der Waals surface area contributed by atoms with Gasteiger partial charge < -0.3 is 11.5 Å². The normalized spacial score (nSPS) is 11.3. The molecular weight excluding hydrogens is 340 g/mol. The van der Waals surface area contributed by atoms with Crippen LogP contribution in [-0.4, -0.2) is 21.0 Å². The molecule has 0 spiro atoms. The number of nitrogen functional groups attached to an aromatic ring is 2. The van der Waals surface area contributed by atoms with E-state index in [1.54, 1.807) is 36.7 Å². The summed E-state index contributed by atoms with van der Waals surface area (Å²) in [5.74, 6) is 0.306. The lowest BCUT2D eigenvalue weighted by atomic mass is 10.1. The van der Waals surface area contributed by atoms with Gasteiger partial charge in [0.1, 0.15) is 11.5 Å². The van der Waals surface area contributed by atoms with E-state index in [4.69, 9.17) is 16.9 Å². The number of rotatable bonds is 4. The minimum absolute atomic E-state index is 0.00678. The summed E-state index contributed by atoms with van der Waals surface area (Å²) in [6.45, 7) is 0. The van der Waals surface area contributed by atoms with Crippen LogP contribution in [0.15, 0.2) is 71.2 Å². The lowest BCUT2D eigenvalue weighted by Gasteiger charge is -2.06. The van der Waals surface area contributed by atoms with E-state index in [-0.39, 0.29) is 5.84 Å². The van der Waals surface area contributed by atoms with Gasteiger partial charge >= 0.3 is 0 Å².